The molecule has 2 amide bonds. The molecule has 2 aromatic carbocycles. The van der Waals surface area contributed by atoms with Gasteiger partial charge < -0.3 is 15.4 Å². The zero-order chi connectivity index (χ0) is 22.5. The van der Waals surface area contributed by atoms with Gasteiger partial charge in [-0.15, -0.1) is 0 Å². The van der Waals surface area contributed by atoms with E-state index in [1.807, 2.05) is 20.8 Å². The Balaban J connectivity index is 2.12. The monoisotopic (exact) mass is 433 g/mol. The van der Waals surface area contributed by atoms with Crippen molar-refractivity contribution in [1.82, 2.24) is 9.62 Å². The van der Waals surface area contributed by atoms with Crippen molar-refractivity contribution in [3.63, 3.8) is 0 Å². The van der Waals surface area contributed by atoms with Gasteiger partial charge in [-0.25, -0.2) is 8.42 Å². The Morgan fingerprint density at radius 3 is 2.20 bits per heavy atom. The quantitative estimate of drug-likeness (QED) is 0.698. The van der Waals surface area contributed by atoms with Crippen molar-refractivity contribution in [3.8, 4) is 5.75 Å². The molecule has 0 unspecified atom stereocenters. The zero-order valence-electron chi connectivity index (χ0n) is 17.7. The molecule has 0 saturated carbocycles. The summed E-state index contributed by atoms with van der Waals surface area (Å²) in [5.74, 6) is -0.373. The summed E-state index contributed by atoms with van der Waals surface area (Å²) in [4.78, 5) is 25.0. The van der Waals surface area contributed by atoms with E-state index in [1.54, 1.807) is 24.3 Å². The van der Waals surface area contributed by atoms with Crippen molar-refractivity contribution < 1.29 is 22.7 Å². The largest absolute Gasteiger partial charge is 0.497 e. The summed E-state index contributed by atoms with van der Waals surface area (Å²) in [5.41, 5.74) is 0.155. The van der Waals surface area contributed by atoms with Crippen LogP contribution in [0.2, 0.25) is 0 Å². The summed E-state index contributed by atoms with van der Waals surface area (Å²) in [7, 11) is -1.06. The number of likely N-dealkylation sites (N-methyl/N-ethyl adjacent to an activating group) is 1. The van der Waals surface area contributed by atoms with Gasteiger partial charge in [-0.3, -0.25) is 9.59 Å². The van der Waals surface area contributed by atoms with Gasteiger partial charge in [0.05, 0.1) is 29.8 Å². The predicted molar refractivity (Wildman–Crippen MR) is 115 cm³/mol. The second-order valence-corrected chi connectivity index (χ2v) is 9.78. The molecule has 0 bridgehead atoms. The van der Waals surface area contributed by atoms with Crippen molar-refractivity contribution in [3.05, 3.63) is 54.1 Å². The van der Waals surface area contributed by atoms with Crippen LogP contribution < -0.4 is 15.4 Å². The molecule has 0 heterocycles. The molecule has 0 spiro atoms. The highest BCUT2D eigenvalue weighted by Gasteiger charge is 2.24. The third-order valence-corrected chi connectivity index (χ3v) is 5.89. The van der Waals surface area contributed by atoms with Crippen LogP contribution in [0.1, 0.15) is 31.1 Å². The topological polar surface area (TPSA) is 105 Å². The molecular formula is C21H27N3O5S. The number of methoxy groups -OCH3 is 1. The number of nitrogens with zero attached hydrogens (tertiary/aromatic N) is 1. The summed E-state index contributed by atoms with van der Waals surface area (Å²) in [5, 5.41) is 5.46. The average molecular weight is 434 g/mol. The van der Waals surface area contributed by atoms with E-state index in [2.05, 4.69) is 10.6 Å². The average Bonchev–Trinajstić information content (AvgIpc) is 2.66. The van der Waals surface area contributed by atoms with E-state index in [-0.39, 0.29) is 10.8 Å². The van der Waals surface area contributed by atoms with E-state index in [0.717, 1.165) is 4.31 Å². The summed E-state index contributed by atoms with van der Waals surface area (Å²) >= 11 is 0. The van der Waals surface area contributed by atoms with Crippen LogP contribution in [0.25, 0.3) is 0 Å². The first-order chi connectivity index (χ1) is 13.9. The molecule has 0 aromatic heterocycles. The van der Waals surface area contributed by atoms with E-state index < -0.39 is 28.0 Å². The maximum atomic E-state index is 12.7. The number of carbonyl (C=O) groups is 2. The Hall–Kier alpha value is -2.91. The lowest BCUT2D eigenvalue weighted by Gasteiger charge is -2.22. The highest BCUT2D eigenvalue weighted by Crippen LogP contribution is 2.19. The van der Waals surface area contributed by atoms with Crippen LogP contribution in [-0.4, -0.2) is 50.8 Å². The number of hydrogen-bond donors (Lipinski definition) is 2. The molecule has 0 aliphatic heterocycles. The van der Waals surface area contributed by atoms with Crippen LogP contribution in [0.5, 0.6) is 5.75 Å². The van der Waals surface area contributed by atoms with E-state index in [4.69, 9.17) is 4.74 Å². The van der Waals surface area contributed by atoms with Crippen molar-refractivity contribution in [2.45, 2.75) is 31.2 Å². The highest BCUT2D eigenvalue weighted by atomic mass is 32.2. The number of nitrogens with one attached hydrogen (secondary N) is 2. The van der Waals surface area contributed by atoms with Crippen LogP contribution in [0.4, 0.5) is 5.69 Å². The molecule has 0 saturated heterocycles. The molecule has 2 rings (SSSR count). The highest BCUT2D eigenvalue weighted by molar-refractivity contribution is 7.89. The lowest BCUT2D eigenvalue weighted by atomic mass is 10.1. The van der Waals surface area contributed by atoms with Gasteiger partial charge in [0, 0.05) is 12.6 Å². The van der Waals surface area contributed by atoms with Gasteiger partial charge >= 0.3 is 0 Å². The van der Waals surface area contributed by atoms with E-state index in [1.165, 1.54) is 38.4 Å². The Morgan fingerprint density at radius 1 is 1.03 bits per heavy atom. The molecule has 8 nitrogen and oxygen atoms in total. The maximum Gasteiger partial charge on any atom is 0.253 e. The number of para-hydroxylation sites is 1. The SMILES string of the molecule is COc1ccc(S(=O)(=O)N(C)CC(=O)Nc2ccccc2C(=O)NC(C)(C)C)cc1. The summed E-state index contributed by atoms with van der Waals surface area (Å²) < 4.78 is 31.4. The second kappa shape index (κ2) is 9.27. The number of anilines is 1. The standard InChI is InChI=1S/C21H27N3O5S/c1-21(2,3)23-20(26)17-8-6-7-9-18(17)22-19(25)14-24(4)30(27,28)16-12-10-15(29-5)11-13-16/h6-13H,14H2,1-5H3,(H,22,25)(H,23,26). The fourth-order valence-electron chi connectivity index (χ4n) is 2.60. The third kappa shape index (κ3) is 6.04. The Kier molecular flexibility index (Phi) is 7.22. The zero-order valence-corrected chi connectivity index (χ0v) is 18.5. The van der Waals surface area contributed by atoms with E-state index in [9.17, 15) is 18.0 Å². The summed E-state index contributed by atoms with van der Waals surface area (Å²) in [6, 6.07) is 12.4. The molecule has 0 radical (unpaired) electrons. The van der Waals surface area contributed by atoms with Crippen LogP contribution in [-0.2, 0) is 14.8 Å². The second-order valence-electron chi connectivity index (χ2n) is 7.73. The fourth-order valence-corrected chi connectivity index (χ4v) is 3.73. The van der Waals surface area contributed by atoms with Gasteiger partial charge in [0.1, 0.15) is 5.75 Å². The molecule has 2 aromatic rings. The minimum absolute atomic E-state index is 0.0450. The first-order valence-corrected chi connectivity index (χ1v) is 10.7. The normalized spacial score (nSPS) is 11.8. The minimum atomic E-state index is -3.86. The number of benzene rings is 2. The molecule has 0 aliphatic carbocycles. The Morgan fingerprint density at radius 2 is 1.63 bits per heavy atom. The fraction of sp³-hybridized carbons (Fsp3) is 0.333. The minimum Gasteiger partial charge on any atom is -0.497 e. The smallest absolute Gasteiger partial charge is 0.253 e. The molecule has 9 heteroatoms. The Bertz CT molecular complexity index is 1010. The molecule has 30 heavy (non-hydrogen) atoms. The lowest BCUT2D eigenvalue weighted by molar-refractivity contribution is -0.116. The first-order valence-electron chi connectivity index (χ1n) is 9.26. The molecular weight excluding hydrogens is 406 g/mol. The van der Waals surface area contributed by atoms with Crippen LogP contribution in [0, 0.1) is 0 Å². The van der Waals surface area contributed by atoms with Gasteiger partial charge in [-0.2, -0.15) is 4.31 Å². The summed E-state index contributed by atoms with van der Waals surface area (Å²) in [6.07, 6.45) is 0. The number of sulfonamides is 1. The number of carbonyl (C=O) groups excluding carboxylic acids is 2. The maximum absolute atomic E-state index is 12.7. The number of amides is 2. The number of ether oxygens (including phenoxy) is 1. The lowest BCUT2D eigenvalue weighted by Crippen LogP contribution is -2.41. The molecule has 0 atom stereocenters. The van der Waals surface area contributed by atoms with Gasteiger partial charge in [0.15, 0.2) is 0 Å². The molecule has 2 N–H and O–H groups in total. The first kappa shape index (κ1) is 23.4. The molecule has 0 fully saturated rings. The van der Waals surface area contributed by atoms with Crippen LogP contribution in [0.3, 0.4) is 0 Å². The van der Waals surface area contributed by atoms with Gasteiger partial charge in [0.25, 0.3) is 5.91 Å². The van der Waals surface area contributed by atoms with Gasteiger partial charge in [-0.1, -0.05) is 12.1 Å². The summed E-state index contributed by atoms with van der Waals surface area (Å²) in [6.45, 7) is 5.14. The van der Waals surface area contributed by atoms with Crippen molar-refractivity contribution in [2.24, 2.45) is 0 Å². The van der Waals surface area contributed by atoms with Crippen LogP contribution in [0.15, 0.2) is 53.4 Å². The van der Waals surface area contributed by atoms with Crippen molar-refractivity contribution in [1.29, 1.82) is 0 Å². The van der Waals surface area contributed by atoms with Crippen LogP contribution >= 0.6 is 0 Å². The van der Waals surface area contributed by atoms with Gasteiger partial charge in [-0.05, 0) is 57.2 Å². The van der Waals surface area contributed by atoms with E-state index >= 15 is 0 Å². The third-order valence-electron chi connectivity index (χ3n) is 4.07. The van der Waals surface area contributed by atoms with Crippen molar-refractivity contribution in [2.75, 3.05) is 26.0 Å². The predicted octanol–water partition coefficient (Wildman–Crippen LogP) is 2.48. The Labute approximate surface area is 177 Å². The van der Waals surface area contributed by atoms with Gasteiger partial charge in [0.2, 0.25) is 15.9 Å². The molecule has 0 aliphatic rings. The number of rotatable bonds is 7. The molecule has 162 valence electrons. The van der Waals surface area contributed by atoms with Crippen molar-refractivity contribution >= 4 is 27.5 Å². The number of hydrogen-bond acceptors (Lipinski definition) is 5. The van der Waals surface area contributed by atoms with E-state index in [0.29, 0.717) is 17.0 Å².